The zero-order chi connectivity index (χ0) is 10.9. The SMILES string of the molecule is COC(=O)CCSCC[C@H]1CCCCN1. The van der Waals surface area contributed by atoms with E-state index in [1.54, 1.807) is 0 Å². The Labute approximate surface area is 96.3 Å². The van der Waals surface area contributed by atoms with Crippen molar-refractivity contribution < 1.29 is 9.53 Å². The van der Waals surface area contributed by atoms with Gasteiger partial charge in [0.1, 0.15) is 0 Å². The largest absolute Gasteiger partial charge is 0.469 e. The highest BCUT2D eigenvalue weighted by Gasteiger charge is 2.11. The Kier molecular flexibility index (Phi) is 6.85. The summed E-state index contributed by atoms with van der Waals surface area (Å²) in [6.45, 7) is 1.18. The molecule has 4 heteroatoms. The summed E-state index contributed by atoms with van der Waals surface area (Å²) >= 11 is 1.85. The molecule has 88 valence electrons. The van der Waals surface area contributed by atoms with Gasteiger partial charge in [0.2, 0.25) is 0 Å². The van der Waals surface area contributed by atoms with Gasteiger partial charge in [0.15, 0.2) is 0 Å². The van der Waals surface area contributed by atoms with Crippen molar-refractivity contribution in [1.82, 2.24) is 5.32 Å². The first-order valence-corrected chi connectivity index (χ1v) is 6.86. The minimum Gasteiger partial charge on any atom is -0.469 e. The lowest BCUT2D eigenvalue weighted by molar-refractivity contribution is -0.140. The fourth-order valence-corrected chi connectivity index (χ4v) is 2.72. The molecule has 1 aliphatic rings. The number of thioether (sulfide) groups is 1. The molecule has 15 heavy (non-hydrogen) atoms. The maximum absolute atomic E-state index is 10.8. The standard InChI is InChI=1S/C11H21NO2S/c1-14-11(13)6-9-15-8-5-10-4-2-3-7-12-10/h10,12H,2-9H2,1H3/t10-/m1/s1. The molecule has 0 unspecified atom stereocenters. The number of rotatable bonds is 6. The molecule has 1 aliphatic heterocycles. The van der Waals surface area contributed by atoms with Gasteiger partial charge in [-0.2, -0.15) is 11.8 Å². The molecule has 0 spiro atoms. The maximum atomic E-state index is 10.8. The third kappa shape index (κ3) is 6.05. The van der Waals surface area contributed by atoms with Gasteiger partial charge in [-0.3, -0.25) is 4.79 Å². The van der Waals surface area contributed by atoms with Gasteiger partial charge < -0.3 is 10.1 Å². The van der Waals surface area contributed by atoms with Crippen LogP contribution in [0.4, 0.5) is 0 Å². The summed E-state index contributed by atoms with van der Waals surface area (Å²) in [6.07, 6.45) is 5.78. The van der Waals surface area contributed by atoms with Crippen molar-refractivity contribution in [1.29, 1.82) is 0 Å². The van der Waals surface area contributed by atoms with E-state index in [0.29, 0.717) is 12.5 Å². The first kappa shape index (κ1) is 12.8. The Morgan fingerprint density at radius 3 is 3.00 bits per heavy atom. The van der Waals surface area contributed by atoms with Gasteiger partial charge in [-0.15, -0.1) is 0 Å². The Morgan fingerprint density at radius 2 is 2.33 bits per heavy atom. The van der Waals surface area contributed by atoms with Crippen LogP contribution in [0.2, 0.25) is 0 Å². The number of carbonyl (C=O) groups excluding carboxylic acids is 1. The molecule has 1 N–H and O–H groups in total. The number of hydrogen-bond donors (Lipinski definition) is 1. The lowest BCUT2D eigenvalue weighted by atomic mass is 10.0. The highest BCUT2D eigenvalue weighted by atomic mass is 32.2. The quantitative estimate of drug-likeness (QED) is 0.559. The average Bonchev–Trinajstić information content (AvgIpc) is 2.29. The van der Waals surface area contributed by atoms with Crippen molar-refractivity contribution >= 4 is 17.7 Å². The summed E-state index contributed by atoms with van der Waals surface area (Å²) < 4.78 is 4.58. The third-order valence-electron chi connectivity index (χ3n) is 2.70. The summed E-state index contributed by atoms with van der Waals surface area (Å²) in [5.41, 5.74) is 0. The fraction of sp³-hybridized carbons (Fsp3) is 0.909. The molecule has 0 aliphatic carbocycles. The van der Waals surface area contributed by atoms with Crippen LogP contribution in [0.3, 0.4) is 0 Å². The lowest BCUT2D eigenvalue weighted by Gasteiger charge is -2.23. The van der Waals surface area contributed by atoms with Crippen LogP contribution < -0.4 is 5.32 Å². The van der Waals surface area contributed by atoms with E-state index in [4.69, 9.17) is 0 Å². The second-order valence-electron chi connectivity index (χ2n) is 3.87. The van der Waals surface area contributed by atoms with Gasteiger partial charge in [0.05, 0.1) is 13.5 Å². The number of methoxy groups -OCH3 is 1. The molecule has 0 aromatic carbocycles. The average molecular weight is 231 g/mol. The van der Waals surface area contributed by atoms with E-state index in [9.17, 15) is 4.79 Å². The van der Waals surface area contributed by atoms with Gasteiger partial charge in [-0.1, -0.05) is 6.42 Å². The van der Waals surface area contributed by atoms with Gasteiger partial charge in [0, 0.05) is 11.8 Å². The zero-order valence-corrected chi connectivity index (χ0v) is 10.3. The minimum atomic E-state index is -0.0988. The fourth-order valence-electron chi connectivity index (χ4n) is 1.76. The van der Waals surface area contributed by atoms with Crippen LogP contribution in [0, 0.1) is 0 Å². The van der Waals surface area contributed by atoms with Crippen LogP contribution in [0.25, 0.3) is 0 Å². The second-order valence-corrected chi connectivity index (χ2v) is 5.10. The number of nitrogens with one attached hydrogen (secondary N) is 1. The van der Waals surface area contributed by atoms with Gasteiger partial charge in [-0.25, -0.2) is 0 Å². The molecule has 0 amide bonds. The molecule has 0 bridgehead atoms. The molecular formula is C11H21NO2S. The van der Waals surface area contributed by atoms with E-state index in [2.05, 4.69) is 10.1 Å². The first-order valence-electron chi connectivity index (χ1n) is 5.71. The molecule has 0 aromatic heterocycles. The number of esters is 1. The zero-order valence-electron chi connectivity index (χ0n) is 9.46. The van der Waals surface area contributed by atoms with Crippen molar-refractivity contribution in [2.75, 3.05) is 25.2 Å². The molecule has 3 nitrogen and oxygen atoms in total. The Hall–Kier alpha value is -0.220. The molecule has 1 rings (SSSR count). The smallest absolute Gasteiger partial charge is 0.306 e. The van der Waals surface area contributed by atoms with Gasteiger partial charge >= 0.3 is 5.97 Å². The van der Waals surface area contributed by atoms with E-state index < -0.39 is 0 Å². The van der Waals surface area contributed by atoms with Crippen molar-refractivity contribution in [3.8, 4) is 0 Å². The Morgan fingerprint density at radius 1 is 1.47 bits per heavy atom. The lowest BCUT2D eigenvalue weighted by Crippen LogP contribution is -2.34. The highest BCUT2D eigenvalue weighted by molar-refractivity contribution is 7.99. The monoisotopic (exact) mass is 231 g/mol. The van der Waals surface area contributed by atoms with Crippen molar-refractivity contribution in [2.24, 2.45) is 0 Å². The van der Waals surface area contributed by atoms with Crippen LogP contribution in [0.15, 0.2) is 0 Å². The molecular weight excluding hydrogens is 210 g/mol. The molecule has 0 radical (unpaired) electrons. The number of ether oxygens (including phenoxy) is 1. The summed E-state index contributed by atoms with van der Waals surface area (Å²) in [5, 5.41) is 3.52. The van der Waals surface area contributed by atoms with E-state index in [0.717, 1.165) is 11.5 Å². The van der Waals surface area contributed by atoms with E-state index >= 15 is 0 Å². The molecule has 1 atom stereocenters. The second kappa shape index (κ2) is 7.99. The number of hydrogen-bond acceptors (Lipinski definition) is 4. The van der Waals surface area contributed by atoms with Crippen LogP contribution >= 0.6 is 11.8 Å². The third-order valence-corrected chi connectivity index (χ3v) is 3.72. The molecule has 0 saturated carbocycles. The highest BCUT2D eigenvalue weighted by Crippen LogP contribution is 2.13. The maximum Gasteiger partial charge on any atom is 0.306 e. The molecule has 1 saturated heterocycles. The molecule has 0 aromatic rings. The minimum absolute atomic E-state index is 0.0988. The number of carbonyl (C=O) groups is 1. The van der Waals surface area contributed by atoms with Crippen molar-refractivity contribution in [3.63, 3.8) is 0 Å². The van der Waals surface area contributed by atoms with Crippen LogP contribution in [-0.2, 0) is 9.53 Å². The molecule has 1 heterocycles. The topological polar surface area (TPSA) is 38.3 Å². The van der Waals surface area contributed by atoms with Crippen molar-refractivity contribution in [2.45, 2.75) is 38.1 Å². The Bertz CT molecular complexity index is 181. The molecule has 1 fully saturated rings. The summed E-state index contributed by atoms with van der Waals surface area (Å²) in [6, 6.07) is 0.712. The van der Waals surface area contributed by atoms with Crippen LogP contribution in [0.1, 0.15) is 32.1 Å². The van der Waals surface area contributed by atoms with E-state index in [1.807, 2.05) is 11.8 Å². The Balaban J connectivity index is 1.89. The normalized spacial score (nSPS) is 21.3. The van der Waals surface area contributed by atoms with E-state index in [1.165, 1.54) is 39.3 Å². The predicted molar refractivity (Wildman–Crippen MR) is 64.2 cm³/mol. The number of piperidine rings is 1. The van der Waals surface area contributed by atoms with Crippen molar-refractivity contribution in [3.05, 3.63) is 0 Å². The first-order chi connectivity index (χ1) is 7.33. The van der Waals surface area contributed by atoms with Crippen LogP contribution in [-0.4, -0.2) is 37.2 Å². The van der Waals surface area contributed by atoms with Gasteiger partial charge in [-0.05, 0) is 31.6 Å². The summed E-state index contributed by atoms with van der Waals surface area (Å²) in [4.78, 5) is 10.8. The predicted octanol–water partition coefficient (Wildman–Crippen LogP) is 1.81. The van der Waals surface area contributed by atoms with Crippen LogP contribution in [0.5, 0.6) is 0 Å². The van der Waals surface area contributed by atoms with Gasteiger partial charge in [0.25, 0.3) is 0 Å². The summed E-state index contributed by atoms with van der Waals surface area (Å²) in [5.74, 6) is 1.94. The summed E-state index contributed by atoms with van der Waals surface area (Å²) in [7, 11) is 1.44. The van der Waals surface area contributed by atoms with E-state index in [-0.39, 0.29) is 5.97 Å².